The van der Waals surface area contributed by atoms with Crippen LogP contribution < -0.4 is 0 Å². The Balaban J connectivity index is 0.000000810. The molecule has 4 aromatic rings. The van der Waals surface area contributed by atoms with E-state index in [4.69, 9.17) is 9.97 Å². The lowest BCUT2D eigenvalue weighted by atomic mass is 9.74. The Hall–Kier alpha value is -3.41. The zero-order valence-electron chi connectivity index (χ0n) is 25.7. The zero-order valence-corrected chi connectivity index (χ0v) is 25.7. The van der Waals surface area contributed by atoms with Gasteiger partial charge >= 0.3 is 0 Å². The Morgan fingerprint density at radius 1 is 1.05 bits per heavy atom. The van der Waals surface area contributed by atoms with E-state index in [1.807, 2.05) is 26.1 Å². The molecule has 0 spiro atoms. The molecule has 3 aliphatic rings. The number of aromatic nitrogens is 4. The Morgan fingerprint density at radius 2 is 1.83 bits per heavy atom. The maximum absolute atomic E-state index is 13.8. The molecule has 1 saturated heterocycles. The van der Waals surface area contributed by atoms with Gasteiger partial charge in [0.2, 0.25) is 0 Å². The minimum atomic E-state index is 0.189. The van der Waals surface area contributed by atoms with E-state index in [1.54, 1.807) is 0 Å². The molecular weight excluding hydrogens is 506 g/mol. The SMILES string of the molecule is C=C.CC.CCCn1c(-c2cc3cccnc3n2CC2CC2)nc2cc(C(=O)N3CC(CC)C4CCC43)cc(C)c21. The second-order valence-corrected chi connectivity index (χ2v) is 11.7. The number of hydrogen-bond donors (Lipinski definition) is 0. The van der Waals surface area contributed by atoms with Crippen LogP contribution in [-0.2, 0) is 13.1 Å². The van der Waals surface area contributed by atoms with E-state index in [0.717, 1.165) is 89.5 Å². The van der Waals surface area contributed by atoms with Gasteiger partial charge in [-0.1, -0.05) is 34.1 Å². The van der Waals surface area contributed by atoms with Gasteiger partial charge in [0.05, 0.1) is 16.7 Å². The first-order valence-corrected chi connectivity index (χ1v) is 15.8. The first kappa shape index (κ1) is 29.1. The number of pyridine rings is 1. The first-order chi connectivity index (χ1) is 20.1. The third kappa shape index (κ3) is 5.11. The number of likely N-dealkylation sites (tertiary alicyclic amines) is 1. The van der Waals surface area contributed by atoms with Gasteiger partial charge in [-0.2, -0.15) is 0 Å². The number of amides is 1. The second-order valence-electron chi connectivity index (χ2n) is 11.7. The highest BCUT2D eigenvalue weighted by atomic mass is 16.2. The number of benzene rings is 1. The van der Waals surface area contributed by atoms with E-state index >= 15 is 0 Å². The summed E-state index contributed by atoms with van der Waals surface area (Å²) in [5.74, 6) is 3.28. The molecule has 3 aromatic heterocycles. The number of aryl methyl sites for hydroxylation is 2. The Morgan fingerprint density at radius 3 is 2.46 bits per heavy atom. The summed E-state index contributed by atoms with van der Waals surface area (Å²) in [7, 11) is 0. The molecule has 4 heterocycles. The average molecular weight is 554 g/mol. The predicted molar refractivity (Wildman–Crippen MR) is 170 cm³/mol. The van der Waals surface area contributed by atoms with Crippen molar-refractivity contribution in [2.45, 2.75) is 92.3 Å². The van der Waals surface area contributed by atoms with Gasteiger partial charge in [0, 0.05) is 42.8 Å². The first-order valence-electron chi connectivity index (χ1n) is 15.8. The molecule has 2 saturated carbocycles. The zero-order chi connectivity index (χ0) is 29.3. The molecule has 1 aliphatic heterocycles. The number of carbonyl (C=O) groups is 1. The largest absolute Gasteiger partial charge is 0.335 e. The fraction of sp³-hybridized carbons (Fsp3) is 0.514. The maximum Gasteiger partial charge on any atom is 0.254 e. The molecule has 3 atom stereocenters. The lowest BCUT2D eigenvalue weighted by Gasteiger charge is -2.37. The molecule has 1 aromatic carbocycles. The van der Waals surface area contributed by atoms with Crippen molar-refractivity contribution < 1.29 is 4.79 Å². The number of carbonyl (C=O) groups excluding carboxylic acids is 1. The minimum Gasteiger partial charge on any atom is -0.335 e. The molecular formula is C35H47N5O. The molecule has 0 bridgehead atoms. The third-order valence-corrected chi connectivity index (χ3v) is 9.26. The van der Waals surface area contributed by atoms with Crippen LogP contribution in [0.1, 0.15) is 82.1 Å². The molecule has 0 radical (unpaired) electrons. The van der Waals surface area contributed by atoms with Crippen LogP contribution in [0, 0.1) is 24.7 Å². The van der Waals surface area contributed by atoms with E-state index in [0.29, 0.717) is 17.9 Å². The van der Waals surface area contributed by atoms with E-state index in [-0.39, 0.29) is 5.91 Å². The molecule has 3 fully saturated rings. The quantitative estimate of drug-likeness (QED) is 0.216. The van der Waals surface area contributed by atoms with Crippen LogP contribution in [0.3, 0.4) is 0 Å². The highest BCUT2D eigenvalue weighted by molar-refractivity contribution is 5.99. The summed E-state index contributed by atoms with van der Waals surface area (Å²) >= 11 is 0. The van der Waals surface area contributed by atoms with Crippen LogP contribution in [0.2, 0.25) is 0 Å². The summed E-state index contributed by atoms with van der Waals surface area (Å²) in [5.41, 5.74) is 6.19. The standard InChI is InChI=1S/C31H37N5O.C2H6.C2H4/c1-4-13-34-28-19(3)14-23(31(37)36-18-21(5-2)24-10-11-26(24)36)15-25(28)33-30(34)27-16-22-7-6-12-32-29(22)35(27)17-20-8-9-20;2*1-2/h6-7,12,14-16,20-21,24,26H,4-5,8-11,13,17-18H2,1-3H3;1-2H3;1-2H2. The fourth-order valence-electron chi connectivity index (χ4n) is 7.05. The molecule has 6 nitrogen and oxygen atoms in total. The molecule has 7 rings (SSSR count). The van der Waals surface area contributed by atoms with Crippen molar-refractivity contribution in [1.29, 1.82) is 0 Å². The van der Waals surface area contributed by atoms with E-state index < -0.39 is 0 Å². The Bertz CT molecular complexity index is 1520. The van der Waals surface area contributed by atoms with Gasteiger partial charge in [-0.3, -0.25) is 4.79 Å². The number of fused-ring (bicyclic) bond motifs is 3. The third-order valence-electron chi connectivity index (χ3n) is 9.26. The summed E-state index contributed by atoms with van der Waals surface area (Å²) in [5, 5.41) is 1.16. The van der Waals surface area contributed by atoms with Crippen molar-refractivity contribution in [3.63, 3.8) is 0 Å². The number of rotatable bonds is 7. The second kappa shape index (κ2) is 12.2. The van der Waals surface area contributed by atoms with Crippen LogP contribution in [0.25, 0.3) is 33.6 Å². The summed E-state index contributed by atoms with van der Waals surface area (Å²) in [6.07, 6.45) is 9.09. The van der Waals surface area contributed by atoms with Crippen molar-refractivity contribution in [1.82, 2.24) is 24.0 Å². The lowest BCUT2D eigenvalue weighted by Crippen LogP contribution is -2.43. The number of imidazole rings is 1. The van der Waals surface area contributed by atoms with Gasteiger partial charge in [0.1, 0.15) is 5.65 Å². The van der Waals surface area contributed by atoms with E-state index in [1.165, 1.54) is 19.3 Å². The van der Waals surface area contributed by atoms with Crippen LogP contribution in [-0.4, -0.2) is 42.5 Å². The summed E-state index contributed by atoms with van der Waals surface area (Å²) < 4.78 is 4.76. The van der Waals surface area contributed by atoms with Gasteiger partial charge in [-0.15, -0.1) is 13.2 Å². The fourth-order valence-corrected chi connectivity index (χ4v) is 7.05. The van der Waals surface area contributed by atoms with Crippen molar-refractivity contribution in [3.05, 3.63) is 60.8 Å². The smallest absolute Gasteiger partial charge is 0.254 e. The Kier molecular flexibility index (Phi) is 8.67. The van der Waals surface area contributed by atoms with Gasteiger partial charge in [-0.25, -0.2) is 9.97 Å². The molecule has 218 valence electrons. The molecule has 6 heteroatoms. The topological polar surface area (TPSA) is 56.0 Å². The van der Waals surface area contributed by atoms with E-state index in [9.17, 15) is 4.79 Å². The predicted octanol–water partition coefficient (Wildman–Crippen LogP) is 8.27. The summed E-state index contributed by atoms with van der Waals surface area (Å²) in [6.45, 7) is 19.4. The maximum atomic E-state index is 13.8. The summed E-state index contributed by atoms with van der Waals surface area (Å²) in [4.78, 5) is 25.9. The monoisotopic (exact) mass is 553 g/mol. The summed E-state index contributed by atoms with van der Waals surface area (Å²) in [6, 6.07) is 11.0. The molecule has 1 amide bonds. The lowest BCUT2D eigenvalue weighted by molar-refractivity contribution is 0.0633. The molecule has 41 heavy (non-hydrogen) atoms. The van der Waals surface area contributed by atoms with Gasteiger partial charge < -0.3 is 14.0 Å². The minimum absolute atomic E-state index is 0.189. The van der Waals surface area contributed by atoms with Crippen molar-refractivity contribution in [2.24, 2.45) is 17.8 Å². The highest BCUT2D eigenvalue weighted by Gasteiger charge is 2.48. The van der Waals surface area contributed by atoms with Gasteiger partial charge in [-0.05, 0) is 92.7 Å². The Labute approximate surface area is 245 Å². The molecule has 0 N–H and O–H groups in total. The van der Waals surface area contributed by atoms with Crippen LogP contribution in [0.4, 0.5) is 0 Å². The number of hydrogen-bond acceptors (Lipinski definition) is 3. The van der Waals surface area contributed by atoms with Crippen LogP contribution >= 0.6 is 0 Å². The van der Waals surface area contributed by atoms with Crippen LogP contribution in [0.5, 0.6) is 0 Å². The highest BCUT2D eigenvalue weighted by Crippen LogP contribution is 2.46. The average Bonchev–Trinajstić information content (AvgIpc) is 3.55. The molecule has 3 unspecified atom stereocenters. The molecule has 2 aliphatic carbocycles. The van der Waals surface area contributed by atoms with Gasteiger partial charge in [0.25, 0.3) is 5.91 Å². The van der Waals surface area contributed by atoms with Crippen LogP contribution in [0.15, 0.2) is 49.7 Å². The van der Waals surface area contributed by atoms with E-state index in [2.05, 4.69) is 72.2 Å². The van der Waals surface area contributed by atoms with Crippen molar-refractivity contribution in [2.75, 3.05) is 6.54 Å². The normalized spacial score (nSPS) is 21.1. The number of nitrogens with zero attached hydrogens (tertiary/aromatic N) is 5. The van der Waals surface area contributed by atoms with Crippen molar-refractivity contribution in [3.8, 4) is 11.5 Å². The van der Waals surface area contributed by atoms with Crippen molar-refractivity contribution >= 4 is 28.0 Å². The van der Waals surface area contributed by atoms with Gasteiger partial charge in [0.15, 0.2) is 5.82 Å².